The van der Waals surface area contributed by atoms with Crippen LogP contribution in [0.4, 0.5) is 0 Å². The Morgan fingerprint density at radius 2 is 1.71 bits per heavy atom. The average Bonchev–Trinajstić information content (AvgIpc) is 3.54. The molecule has 6 aliphatic carbocycles. The Morgan fingerprint density at radius 1 is 0.964 bits per heavy atom. The van der Waals surface area contributed by atoms with Crippen molar-refractivity contribution in [1.29, 1.82) is 0 Å². The van der Waals surface area contributed by atoms with E-state index in [2.05, 4.69) is 13.8 Å². The number of rotatable bonds is 0. The largest absolute Gasteiger partial charge is 0.458 e. The molecule has 7 rings (SSSR count). The molecule has 0 aromatic rings. The molecule has 1 saturated heterocycles. The van der Waals surface area contributed by atoms with Crippen molar-refractivity contribution in [2.75, 3.05) is 0 Å². The third-order valence-electron chi connectivity index (χ3n) is 11.8. The van der Waals surface area contributed by atoms with E-state index in [1.807, 2.05) is 0 Å². The van der Waals surface area contributed by atoms with Crippen molar-refractivity contribution in [2.24, 2.45) is 52.3 Å². The Balaban J connectivity index is 1.32. The van der Waals surface area contributed by atoms with Gasteiger partial charge in [-0.1, -0.05) is 13.8 Å². The molecule has 0 bridgehead atoms. The summed E-state index contributed by atoms with van der Waals surface area (Å²) in [4.78, 5) is 12.2. The first kappa shape index (κ1) is 17.1. The topological polar surface area (TPSA) is 66.8 Å². The Hall–Kier alpha value is -0.610. The molecule has 0 aromatic heterocycles. The van der Waals surface area contributed by atoms with Gasteiger partial charge in [0, 0.05) is 24.2 Å². The van der Waals surface area contributed by atoms with Crippen LogP contribution in [0.5, 0.6) is 0 Å². The minimum Gasteiger partial charge on any atom is -0.458 e. The van der Waals surface area contributed by atoms with Crippen LogP contribution in [0, 0.1) is 52.3 Å². The number of fused-ring (bicyclic) bond motifs is 12. The maximum absolute atomic E-state index is 12.2. The fourth-order valence-corrected chi connectivity index (χ4v) is 10.5. The van der Waals surface area contributed by atoms with Crippen molar-refractivity contribution in [2.45, 2.75) is 88.9 Å². The van der Waals surface area contributed by atoms with E-state index in [-0.39, 0.29) is 28.5 Å². The van der Waals surface area contributed by atoms with Crippen LogP contribution in [0.1, 0.15) is 71.6 Å². The van der Waals surface area contributed by atoms with Gasteiger partial charge in [0.05, 0.1) is 11.7 Å². The molecular formula is C24H34O4. The molecular weight excluding hydrogens is 352 g/mol. The SMILES string of the molecule is CC12CCC(O)CC1(O)C1CC1C1C2CCC2(C)C1C1CC1C21CCC(=O)O1. The summed E-state index contributed by atoms with van der Waals surface area (Å²) in [5, 5.41) is 22.2. The highest BCUT2D eigenvalue weighted by molar-refractivity contribution is 5.73. The summed E-state index contributed by atoms with van der Waals surface area (Å²) in [6.07, 6.45) is 8.33. The van der Waals surface area contributed by atoms with Crippen molar-refractivity contribution in [3.8, 4) is 0 Å². The van der Waals surface area contributed by atoms with E-state index in [4.69, 9.17) is 4.74 Å². The Kier molecular flexibility index (Phi) is 2.85. The Labute approximate surface area is 167 Å². The molecule has 6 saturated carbocycles. The molecule has 7 aliphatic rings. The van der Waals surface area contributed by atoms with E-state index in [0.717, 1.165) is 44.4 Å². The lowest BCUT2D eigenvalue weighted by atomic mass is 9.42. The molecule has 12 unspecified atom stereocenters. The van der Waals surface area contributed by atoms with Gasteiger partial charge in [0.1, 0.15) is 5.60 Å². The van der Waals surface area contributed by atoms with Gasteiger partial charge in [0.25, 0.3) is 0 Å². The van der Waals surface area contributed by atoms with Gasteiger partial charge in [-0.15, -0.1) is 0 Å². The first-order valence-electron chi connectivity index (χ1n) is 11.9. The van der Waals surface area contributed by atoms with Crippen LogP contribution in [0.2, 0.25) is 0 Å². The number of ether oxygens (including phenoxy) is 1. The standard InChI is InChI=1S/C24H34O4/c1-21-6-3-12(25)11-23(21,27)16-9-13(16)19-15(21)4-7-22(2)20(19)14-10-17(14)24(22)8-5-18(26)28-24/h12-17,19-20,25,27H,3-11H2,1-2H3. The lowest BCUT2D eigenvalue weighted by molar-refractivity contribution is -0.237. The number of hydrogen-bond donors (Lipinski definition) is 2. The lowest BCUT2D eigenvalue weighted by Gasteiger charge is -2.64. The van der Waals surface area contributed by atoms with Crippen molar-refractivity contribution in [3.63, 3.8) is 0 Å². The average molecular weight is 387 g/mol. The minimum absolute atomic E-state index is 0.0326. The van der Waals surface area contributed by atoms with Crippen LogP contribution < -0.4 is 0 Å². The van der Waals surface area contributed by atoms with E-state index in [9.17, 15) is 15.0 Å². The van der Waals surface area contributed by atoms with E-state index in [0.29, 0.717) is 48.3 Å². The Bertz CT molecular complexity index is 781. The van der Waals surface area contributed by atoms with Gasteiger partial charge in [0.2, 0.25) is 0 Å². The molecule has 1 aliphatic heterocycles. The molecule has 4 heteroatoms. The van der Waals surface area contributed by atoms with Gasteiger partial charge >= 0.3 is 5.97 Å². The predicted octanol–water partition coefficient (Wildman–Crippen LogP) is 3.29. The van der Waals surface area contributed by atoms with E-state index in [1.165, 1.54) is 6.42 Å². The van der Waals surface area contributed by atoms with E-state index < -0.39 is 5.60 Å². The second-order valence-corrected chi connectivity index (χ2v) is 12.3. The maximum Gasteiger partial charge on any atom is 0.306 e. The van der Waals surface area contributed by atoms with Crippen LogP contribution in [0.25, 0.3) is 0 Å². The summed E-state index contributed by atoms with van der Waals surface area (Å²) in [6, 6.07) is 0. The van der Waals surface area contributed by atoms with Crippen molar-refractivity contribution in [3.05, 3.63) is 0 Å². The zero-order chi connectivity index (χ0) is 19.3. The van der Waals surface area contributed by atoms with E-state index in [1.54, 1.807) is 0 Å². The highest BCUT2D eigenvalue weighted by atomic mass is 16.6. The summed E-state index contributed by atoms with van der Waals surface area (Å²) in [6.45, 7) is 4.82. The quantitative estimate of drug-likeness (QED) is 0.627. The van der Waals surface area contributed by atoms with Gasteiger partial charge < -0.3 is 14.9 Å². The van der Waals surface area contributed by atoms with Gasteiger partial charge in [-0.25, -0.2) is 0 Å². The summed E-state index contributed by atoms with van der Waals surface area (Å²) in [5.74, 6) is 4.33. The summed E-state index contributed by atoms with van der Waals surface area (Å²) in [5.41, 5.74) is -0.751. The second-order valence-electron chi connectivity index (χ2n) is 12.3. The molecule has 4 nitrogen and oxygen atoms in total. The molecule has 154 valence electrons. The normalized spacial score (nSPS) is 68.4. The molecule has 28 heavy (non-hydrogen) atoms. The third kappa shape index (κ3) is 1.59. The van der Waals surface area contributed by atoms with Gasteiger partial charge in [0.15, 0.2) is 0 Å². The highest BCUT2D eigenvalue weighted by Gasteiger charge is 2.82. The number of esters is 1. The fraction of sp³-hybridized carbons (Fsp3) is 0.958. The number of carbonyl (C=O) groups excluding carboxylic acids is 1. The van der Waals surface area contributed by atoms with Crippen molar-refractivity contribution >= 4 is 5.97 Å². The third-order valence-corrected chi connectivity index (χ3v) is 11.8. The number of aliphatic hydroxyl groups is 2. The van der Waals surface area contributed by atoms with Crippen LogP contribution in [-0.2, 0) is 9.53 Å². The summed E-state index contributed by atoms with van der Waals surface area (Å²) < 4.78 is 6.21. The number of carbonyl (C=O) groups is 1. The number of hydrogen-bond acceptors (Lipinski definition) is 4. The van der Waals surface area contributed by atoms with Gasteiger partial charge in [-0.2, -0.15) is 0 Å². The summed E-state index contributed by atoms with van der Waals surface area (Å²) in [7, 11) is 0. The van der Waals surface area contributed by atoms with Crippen LogP contribution in [0.15, 0.2) is 0 Å². The first-order chi connectivity index (χ1) is 13.3. The second kappa shape index (κ2) is 4.66. The van der Waals surface area contributed by atoms with Gasteiger partial charge in [-0.05, 0) is 85.9 Å². The lowest BCUT2D eigenvalue weighted by Crippen LogP contribution is -2.65. The zero-order valence-corrected chi connectivity index (χ0v) is 17.2. The maximum atomic E-state index is 12.2. The molecule has 7 fully saturated rings. The predicted molar refractivity (Wildman–Crippen MR) is 102 cm³/mol. The Morgan fingerprint density at radius 3 is 2.46 bits per heavy atom. The fourth-order valence-electron chi connectivity index (χ4n) is 10.5. The van der Waals surface area contributed by atoms with Gasteiger partial charge in [-0.3, -0.25) is 4.79 Å². The van der Waals surface area contributed by atoms with Crippen LogP contribution >= 0.6 is 0 Å². The van der Waals surface area contributed by atoms with Crippen LogP contribution in [-0.4, -0.2) is 33.5 Å². The molecule has 0 amide bonds. The van der Waals surface area contributed by atoms with E-state index >= 15 is 0 Å². The smallest absolute Gasteiger partial charge is 0.306 e. The molecule has 12 atom stereocenters. The molecule has 0 aromatic carbocycles. The number of aliphatic hydroxyl groups excluding tert-OH is 1. The highest BCUT2D eigenvalue weighted by Crippen LogP contribution is 2.83. The molecule has 2 N–H and O–H groups in total. The van der Waals surface area contributed by atoms with Crippen LogP contribution in [0.3, 0.4) is 0 Å². The first-order valence-corrected chi connectivity index (χ1v) is 11.9. The minimum atomic E-state index is -0.663. The zero-order valence-electron chi connectivity index (χ0n) is 17.2. The molecule has 1 spiro atoms. The van der Waals surface area contributed by atoms with Crippen molar-refractivity contribution < 1.29 is 19.7 Å². The molecule has 1 heterocycles. The summed E-state index contributed by atoms with van der Waals surface area (Å²) >= 11 is 0. The molecule has 0 radical (unpaired) electrons. The van der Waals surface area contributed by atoms with Crippen molar-refractivity contribution in [1.82, 2.24) is 0 Å². The monoisotopic (exact) mass is 386 g/mol.